The highest BCUT2D eigenvalue weighted by atomic mass is 16.4. The summed E-state index contributed by atoms with van der Waals surface area (Å²) in [6, 6.07) is 1.06. The predicted molar refractivity (Wildman–Crippen MR) is 74.2 cm³/mol. The first-order valence-electron chi connectivity index (χ1n) is 7.83. The third-order valence-electron chi connectivity index (χ3n) is 5.43. The maximum absolute atomic E-state index is 12.4. The number of carboxylic acid groups (broad SMARTS) is 1. The Balaban J connectivity index is 1.56. The van der Waals surface area contributed by atoms with E-state index in [4.69, 9.17) is 5.11 Å². The molecule has 0 aromatic carbocycles. The third-order valence-corrected chi connectivity index (χ3v) is 5.43. The summed E-state index contributed by atoms with van der Waals surface area (Å²) in [7, 11) is 0. The molecule has 3 heterocycles. The van der Waals surface area contributed by atoms with Crippen LogP contribution in [-0.2, 0) is 9.59 Å². The number of hydrogen-bond donors (Lipinski definition) is 2. The van der Waals surface area contributed by atoms with Crippen LogP contribution in [0, 0.1) is 11.8 Å². The molecule has 112 valence electrons. The molecule has 0 aliphatic carbocycles. The quantitative estimate of drug-likeness (QED) is 0.816. The molecular formula is C15H24N2O3. The molecule has 0 spiro atoms. The summed E-state index contributed by atoms with van der Waals surface area (Å²) >= 11 is 0. The highest BCUT2D eigenvalue weighted by Crippen LogP contribution is 2.34. The SMILES string of the molecule is CC1C(C(=O)O)CCN1C(=O)CC1CC2CCC(C1)N2. The van der Waals surface area contributed by atoms with E-state index in [0.29, 0.717) is 37.4 Å². The standard InChI is InChI=1S/C15H24N2O3/c1-9-13(15(19)20)4-5-17(9)14(18)8-10-6-11-2-3-12(7-10)16-11/h9-13,16H,2-8H2,1H3,(H,19,20). The van der Waals surface area contributed by atoms with Crippen molar-refractivity contribution in [2.45, 2.75) is 63.6 Å². The Labute approximate surface area is 119 Å². The molecule has 20 heavy (non-hydrogen) atoms. The van der Waals surface area contributed by atoms with Crippen molar-refractivity contribution >= 4 is 11.9 Å². The van der Waals surface area contributed by atoms with Crippen LogP contribution >= 0.6 is 0 Å². The van der Waals surface area contributed by atoms with Crippen LogP contribution in [0.2, 0.25) is 0 Å². The number of piperidine rings is 1. The van der Waals surface area contributed by atoms with Crippen LogP contribution in [0.4, 0.5) is 0 Å². The number of nitrogens with one attached hydrogen (secondary N) is 1. The summed E-state index contributed by atoms with van der Waals surface area (Å²) < 4.78 is 0. The fourth-order valence-corrected chi connectivity index (χ4v) is 4.33. The summed E-state index contributed by atoms with van der Waals surface area (Å²) in [5.74, 6) is -0.513. The summed E-state index contributed by atoms with van der Waals surface area (Å²) in [5.41, 5.74) is 0. The number of rotatable bonds is 3. The van der Waals surface area contributed by atoms with Crippen molar-refractivity contribution in [3.05, 3.63) is 0 Å². The van der Waals surface area contributed by atoms with E-state index in [1.165, 1.54) is 12.8 Å². The second-order valence-electron chi connectivity index (χ2n) is 6.74. The van der Waals surface area contributed by atoms with Crippen molar-refractivity contribution in [3.8, 4) is 0 Å². The molecule has 0 aromatic rings. The molecule has 1 amide bonds. The number of carbonyl (C=O) groups excluding carboxylic acids is 1. The second-order valence-corrected chi connectivity index (χ2v) is 6.74. The number of likely N-dealkylation sites (tertiary alicyclic amines) is 1. The lowest BCUT2D eigenvalue weighted by Crippen LogP contribution is -2.42. The van der Waals surface area contributed by atoms with Gasteiger partial charge in [-0.2, -0.15) is 0 Å². The number of carbonyl (C=O) groups is 2. The summed E-state index contributed by atoms with van der Waals surface area (Å²) in [5, 5.41) is 12.7. The molecule has 4 atom stereocenters. The molecule has 5 nitrogen and oxygen atoms in total. The Morgan fingerprint density at radius 2 is 1.85 bits per heavy atom. The zero-order valence-electron chi connectivity index (χ0n) is 12.0. The molecule has 2 N–H and O–H groups in total. The first-order valence-corrected chi connectivity index (χ1v) is 7.83. The molecule has 5 heteroatoms. The van der Waals surface area contributed by atoms with Gasteiger partial charge in [0.15, 0.2) is 0 Å². The molecule has 3 aliphatic rings. The summed E-state index contributed by atoms with van der Waals surface area (Å²) in [6.07, 6.45) is 5.90. The number of nitrogens with zero attached hydrogens (tertiary/aromatic N) is 1. The summed E-state index contributed by atoms with van der Waals surface area (Å²) in [4.78, 5) is 25.4. The molecular weight excluding hydrogens is 256 g/mol. The van der Waals surface area contributed by atoms with E-state index < -0.39 is 5.97 Å². The highest BCUT2D eigenvalue weighted by Gasteiger charge is 2.40. The molecule has 4 unspecified atom stereocenters. The molecule has 2 bridgehead atoms. The molecule has 0 radical (unpaired) electrons. The Morgan fingerprint density at radius 1 is 1.20 bits per heavy atom. The lowest BCUT2D eigenvalue weighted by Gasteiger charge is -2.31. The fraction of sp³-hybridized carbons (Fsp3) is 0.867. The number of aliphatic carboxylic acids is 1. The van der Waals surface area contributed by atoms with Gasteiger partial charge in [0.25, 0.3) is 0 Å². The van der Waals surface area contributed by atoms with E-state index in [9.17, 15) is 9.59 Å². The Hall–Kier alpha value is -1.10. The van der Waals surface area contributed by atoms with Crippen LogP contribution in [0.15, 0.2) is 0 Å². The van der Waals surface area contributed by atoms with Crippen LogP contribution in [0.25, 0.3) is 0 Å². The van der Waals surface area contributed by atoms with Gasteiger partial charge in [-0.25, -0.2) is 0 Å². The second kappa shape index (κ2) is 5.35. The maximum atomic E-state index is 12.4. The number of carboxylic acids is 1. The van der Waals surface area contributed by atoms with Crippen molar-refractivity contribution in [2.75, 3.05) is 6.54 Å². The first-order chi connectivity index (χ1) is 9.54. The minimum Gasteiger partial charge on any atom is -0.481 e. The molecule has 3 aliphatic heterocycles. The molecule has 3 saturated heterocycles. The van der Waals surface area contributed by atoms with Gasteiger partial charge in [-0.05, 0) is 44.9 Å². The van der Waals surface area contributed by atoms with E-state index in [1.54, 1.807) is 4.90 Å². The van der Waals surface area contributed by atoms with E-state index >= 15 is 0 Å². The van der Waals surface area contributed by atoms with E-state index in [1.807, 2.05) is 6.92 Å². The van der Waals surface area contributed by atoms with Crippen molar-refractivity contribution in [1.82, 2.24) is 10.2 Å². The van der Waals surface area contributed by atoms with Crippen molar-refractivity contribution < 1.29 is 14.7 Å². The number of hydrogen-bond acceptors (Lipinski definition) is 3. The van der Waals surface area contributed by atoms with Gasteiger partial charge in [-0.3, -0.25) is 9.59 Å². The predicted octanol–water partition coefficient (Wildman–Crippen LogP) is 1.23. The lowest BCUT2D eigenvalue weighted by atomic mass is 9.89. The van der Waals surface area contributed by atoms with E-state index in [0.717, 1.165) is 12.8 Å². The Morgan fingerprint density at radius 3 is 2.40 bits per heavy atom. The van der Waals surface area contributed by atoms with Gasteiger partial charge in [0.2, 0.25) is 5.91 Å². The van der Waals surface area contributed by atoms with Crippen LogP contribution in [0.5, 0.6) is 0 Å². The van der Waals surface area contributed by atoms with Crippen LogP contribution in [0.3, 0.4) is 0 Å². The number of amides is 1. The van der Waals surface area contributed by atoms with Crippen LogP contribution < -0.4 is 5.32 Å². The fourth-order valence-electron chi connectivity index (χ4n) is 4.33. The van der Waals surface area contributed by atoms with Gasteiger partial charge < -0.3 is 15.3 Å². The van der Waals surface area contributed by atoms with Crippen LogP contribution in [-0.4, -0.2) is 46.6 Å². The average molecular weight is 280 g/mol. The van der Waals surface area contributed by atoms with Gasteiger partial charge in [0.05, 0.1) is 5.92 Å². The van der Waals surface area contributed by atoms with Gasteiger partial charge in [0, 0.05) is 31.1 Å². The zero-order chi connectivity index (χ0) is 14.3. The Bertz CT molecular complexity index is 400. The molecule has 3 rings (SSSR count). The van der Waals surface area contributed by atoms with Gasteiger partial charge in [-0.1, -0.05) is 0 Å². The molecule has 3 fully saturated rings. The van der Waals surface area contributed by atoms with Crippen molar-refractivity contribution in [1.29, 1.82) is 0 Å². The monoisotopic (exact) mass is 280 g/mol. The highest BCUT2D eigenvalue weighted by molar-refractivity contribution is 5.79. The number of fused-ring (bicyclic) bond motifs is 2. The normalized spacial score (nSPS) is 40.0. The molecule has 0 aromatic heterocycles. The van der Waals surface area contributed by atoms with Crippen molar-refractivity contribution in [3.63, 3.8) is 0 Å². The topological polar surface area (TPSA) is 69.6 Å². The molecule has 0 saturated carbocycles. The minimum atomic E-state index is -0.771. The van der Waals surface area contributed by atoms with Gasteiger partial charge in [0.1, 0.15) is 0 Å². The lowest BCUT2D eigenvalue weighted by molar-refractivity contribution is -0.143. The third kappa shape index (κ3) is 2.55. The largest absolute Gasteiger partial charge is 0.481 e. The smallest absolute Gasteiger partial charge is 0.308 e. The van der Waals surface area contributed by atoms with Crippen LogP contribution in [0.1, 0.15) is 45.4 Å². The van der Waals surface area contributed by atoms with E-state index in [-0.39, 0.29) is 17.9 Å². The maximum Gasteiger partial charge on any atom is 0.308 e. The summed E-state index contributed by atoms with van der Waals surface area (Å²) in [6.45, 7) is 2.48. The van der Waals surface area contributed by atoms with E-state index in [2.05, 4.69) is 5.32 Å². The van der Waals surface area contributed by atoms with Crippen molar-refractivity contribution in [2.24, 2.45) is 11.8 Å². The van der Waals surface area contributed by atoms with Gasteiger partial charge >= 0.3 is 5.97 Å². The Kier molecular flexibility index (Phi) is 3.71. The zero-order valence-corrected chi connectivity index (χ0v) is 12.0. The average Bonchev–Trinajstić information content (AvgIpc) is 2.92. The minimum absolute atomic E-state index is 0.154. The first kappa shape index (κ1) is 13.9. The van der Waals surface area contributed by atoms with Gasteiger partial charge in [-0.15, -0.1) is 0 Å².